The van der Waals surface area contributed by atoms with E-state index in [0.717, 1.165) is 50.3 Å². The van der Waals surface area contributed by atoms with Crippen molar-refractivity contribution >= 4 is 119 Å². The van der Waals surface area contributed by atoms with Crippen LogP contribution in [0.15, 0.2) is 174 Å². The molecule has 0 N–H and O–H groups in total. The minimum absolute atomic E-state index is 0.877. The first-order valence-corrected chi connectivity index (χ1v) is 19.5. The highest BCUT2D eigenvalue weighted by Gasteiger charge is 2.28. The van der Waals surface area contributed by atoms with Crippen molar-refractivity contribution in [3.05, 3.63) is 170 Å². The lowest BCUT2D eigenvalue weighted by Crippen LogP contribution is -2.14. The Kier molecular flexibility index (Phi) is 6.09. The van der Waals surface area contributed by atoms with Crippen LogP contribution in [-0.4, -0.2) is 0 Å². The Morgan fingerprint density at radius 1 is 0.377 bits per heavy atom. The predicted molar refractivity (Wildman–Crippen MR) is 228 cm³/mol. The number of furan rings is 1. The number of rotatable bonds is 3. The highest BCUT2D eigenvalue weighted by atomic mass is 32.1. The first-order valence-electron chi connectivity index (χ1n) is 17.8. The highest BCUT2D eigenvalue weighted by Crippen LogP contribution is 2.54. The summed E-state index contributed by atoms with van der Waals surface area (Å²) in [6.07, 6.45) is 0. The van der Waals surface area contributed by atoms with Crippen LogP contribution in [0.4, 0.5) is 34.1 Å². The van der Waals surface area contributed by atoms with Gasteiger partial charge >= 0.3 is 0 Å². The van der Waals surface area contributed by atoms with Crippen LogP contribution in [0.3, 0.4) is 0 Å². The molecule has 0 atom stereocenters. The summed E-state index contributed by atoms with van der Waals surface area (Å²) in [5.74, 6) is 0. The van der Waals surface area contributed by atoms with E-state index in [9.17, 15) is 0 Å². The fourth-order valence-electron chi connectivity index (χ4n) is 8.46. The molecule has 0 aliphatic carbocycles. The van der Waals surface area contributed by atoms with Gasteiger partial charge in [-0.1, -0.05) is 109 Å². The van der Waals surface area contributed by atoms with Gasteiger partial charge in [-0.3, -0.25) is 0 Å². The Morgan fingerprint density at radius 2 is 0.943 bits per heavy atom. The number of nitrogens with zero attached hydrogens (tertiary/aromatic N) is 2. The maximum Gasteiger partial charge on any atom is 0.159 e. The maximum absolute atomic E-state index is 6.76. The van der Waals surface area contributed by atoms with E-state index in [-0.39, 0.29) is 0 Å². The number of thiophene rings is 2. The Hall–Kier alpha value is -6.40. The second kappa shape index (κ2) is 11.1. The van der Waals surface area contributed by atoms with Gasteiger partial charge in [0.2, 0.25) is 0 Å². The fraction of sp³-hybridized carbons (Fsp3) is 0. The van der Waals surface area contributed by atoms with Crippen molar-refractivity contribution in [3.63, 3.8) is 0 Å². The van der Waals surface area contributed by atoms with Gasteiger partial charge in [-0.2, -0.15) is 0 Å². The third-order valence-electron chi connectivity index (χ3n) is 10.7. The monoisotopic (exact) mass is 712 g/mol. The molecule has 3 nitrogen and oxygen atoms in total. The molecule has 4 bridgehead atoms. The summed E-state index contributed by atoms with van der Waals surface area (Å²) in [6, 6.07) is 61.9. The molecular formula is C48H28N2OS2. The summed E-state index contributed by atoms with van der Waals surface area (Å²) in [6.45, 7) is 0. The van der Waals surface area contributed by atoms with Crippen molar-refractivity contribution in [1.29, 1.82) is 0 Å². The van der Waals surface area contributed by atoms with Gasteiger partial charge in [0.15, 0.2) is 5.58 Å². The van der Waals surface area contributed by atoms with Crippen molar-refractivity contribution < 1.29 is 4.42 Å². The lowest BCUT2D eigenvalue weighted by molar-refractivity contribution is 0.669. The second-order valence-electron chi connectivity index (χ2n) is 13.7. The molecule has 0 unspecified atom stereocenters. The Bertz CT molecular complexity index is 3260. The zero-order valence-electron chi connectivity index (χ0n) is 28.3. The second-order valence-corrected chi connectivity index (χ2v) is 15.8. The molecule has 5 heteroatoms. The zero-order chi connectivity index (χ0) is 34.6. The number of para-hydroxylation sites is 2. The van der Waals surface area contributed by atoms with Gasteiger partial charge in [0.25, 0.3) is 0 Å². The molecule has 12 rings (SSSR count). The van der Waals surface area contributed by atoms with E-state index >= 15 is 0 Å². The van der Waals surface area contributed by atoms with Gasteiger partial charge in [-0.05, 0) is 71.8 Å². The predicted octanol–water partition coefficient (Wildman–Crippen LogP) is 15.2. The summed E-state index contributed by atoms with van der Waals surface area (Å²) in [5, 5.41) is 7.30. The van der Waals surface area contributed by atoms with Gasteiger partial charge in [0.1, 0.15) is 5.58 Å². The number of anilines is 6. The van der Waals surface area contributed by atoms with Crippen molar-refractivity contribution in [2.24, 2.45) is 0 Å². The minimum atomic E-state index is 0.877. The third kappa shape index (κ3) is 4.20. The standard InChI is InChI=1S/C48H28N2OS2/c1-2-12-29(13-3-1)30-26-31-28-32(27-30)50(39-20-8-16-34-33-14-4-6-23-42(33)51-46(34)39)41-22-10-18-36-35-17-9-21-40(47(35)53-48(36)41)49(31)38-19-11-25-44-45(38)37-15-5-7-24-43(37)52-44/h1-28H. The van der Waals surface area contributed by atoms with Gasteiger partial charge in [0.05, 0.1) is 32.1 Å². The Balaban J connectivity index is 1.26. The van der Waals surface area contributed by atoms with Crippen LogP contribution in [0.5, 0.6) is 0 Å². The van der Waals surface area contributed by atoms with Crippen molar-refractivity contribution in [3.8, 4) is 11.1 Å². The van der Waals surface area contributed by atoms with Crippen LogP contribution in [0.1, 0.15) is 0 Å². The van der Waals surface area contributed by atoms with Crippen molar-refractivity contribution in [1.82, 2.24) is 0 Å². The molecule has 1 aliphatic heterocycles. The number of hydrogen-bond donors (Lipinski definition) is 0. The maximum atomic E-state index is 6.76. The normalized spacial score (nSPS) is 12.8. The van der Waals surface area contributed by atoms with Crippen LogP contribution >= 0.6 is 22.7 Å². The van der Waals surface area contributed by atoms with Crippen molar-refractivity contribution in [2.75, 3.05) is 9.80 Å². The molecule has 53 heavy (non-hydrogen) atoms. The van der Waals surface area contributed by atoms with Gasteiger partial charge in [-0.25, -0.2) is 0 Å². The summed E-state index contributed by atoms with van der Waals surface area (Å²) < 4.78 is 11.8. The molecule has 248 valence electrons. The molecule has 11 aromatic rings. The molecule has 0 radical (unpaired) electrons. The average molecular weight is 713 g/mol. The largest absolute Gasteiger partial charge is 0.454 e. The van der Waals surface area contributed by atoms with E-state index in [1.807, 2.05) is 28.7 Å². The van der Waals surface area contributed by atoms with Crippen LogP contribution in [-0.2, 0) is 0 Å². The quantitative estimate of drug-likeness (QED) is 0.182. The third-order valence-corrected chi connectivity index (χ3v) is 13.1. The summed E-state index contributed by atoms with van der Waals surface area (Å²) >= 11 is 3.74. The number of benzene rings is 8. The molecule has 1 aliphatic rings. The number of fused-ring (bicyclic) bond motifs is 9. The molecule has 0 spiro atoms. The smallest absolute Gasteiger partial charge is 0.159 e. The number of hydrogen-bond acceptors (Lipinski definition) is 5. The lowest BCUT2D eigenvalue weighted by Gasteiger charge is -2.31. The fourth-order valence-corrected chi connectivity index (χ4v) is 10.9. The molecule has 0 saturated carbocycles. The van der Waals surface area contributed by atoms with E-state index in [0.29, 0.717) is 0 Å². The Morgan fingerprint density at radius 3 is 1.72 bits per heavy atom. The summed E-state index contributed by atoms with van der Waals surface area (Å²) in [4.78, 5) is 4.95. The zero-order valence-corrected chi connectivity index (χ0v) is 29.9. The van der Waals surface area contributed by atoms with E-state index < -0.39 is 0 Å². The molecule has 0 fully saturated rings. The molecule has 0 amide bonds. The van der Waals surface area contributed by atoms with E-state index in [4.69, 9.17) is 4.42 Å². The summed E-state index contributed by atoms with van der Waals surface area (Å²) in [7, 11) is 0. The molecule has 8 aromatic carbocycles. The molecule has 3 aromatic heterocycles. The van der Waals surface area contributed by atoms with Gasteiger partial charge < -0.3 is 14.2 Å². The first-order chi connectivity index (χ1) is 26.3. The minimum Gasteiger partial charge on any atom is -0.454 e. The van der Waals surface area contributed by atoms with Crippen LogP contribution in [0.25, 0.3) is 73.4 Å². The van der Waals surface area contributed by atoms with Gasteiger partial charge in [0, 0.05) is 53.1 Å². The first kappa shape index (κ1) is 29.2. The topological polar surface area (TPSA) is 19.6 Å². The molecule has 4 heterocycles. The molecular weight excluding hydrogens is 685 g/mol. The summed E-state index contributed by atoms with van der Waals surface area (Å²) in [5.41, 5.74) is 10.8. The van der Waals surface area contributed by atoms with E-state index in [1.54, 1.807) is 0 Å². The Labute approximate surface area is 312 Å². The highest BCUT2D eigenvalue weighted by molar-refractivity contribution is 7.27. The van der Waals surface area contributed by atoms with E-state index in [1.165, 1.54) is 57.3 Å². The SMILES string of the molecule is c1ccc(-c2cc3cc(c2)N(c2cccc4sc5ccccc5c24)c2cccc4c2sc2c(cccc24)N3c2cccc3c2oc2ccccc23)cc1. The van der Waals surface area contributed by atoms with Crippen LogP contribution in [0.2, 0.25) is 0 Å². The van der Waals surface area contributed by atoms with Crippen LogP contribution in [0, 0.1) is 0 Å². The van der Waals surface area contributed by atoms with Crippen molar-refractivity contribution in [2.45, 2.75) is 0 Å². The average Bonchev–Trinajstić information content (AvgIpc) is 3.91. The molecule has 0 saturated heterocycles. The van der Waals surface area contributed by atoms with Gasteiger partial charge in [-0.15, -0.1) is 22.7 Å². The lowest BCUT2D eigenvalue weighted by atomic mass is 10.0. The van der Waals surface area contributed by atoms with Crippen LogP contribution < -0.4 is 9.80 Å². The van der Waals surface area contributed by atoms with E-state index in [2.05, 4.69) is 174 Å².